The highest BCUT2D eigenvalue weighted by molar-refractivity contribution is 6.31. The van der Waals surface area contributed by atoms with Crippen LogP contribution < -0.4 is 5.32 Å². The first kappa shape index (κ1) is 17.2. The standard InChI is InChI=1S/C16H23ClFN3O/c1-19-11-6-5-9-21(10-11)16(22)15(20(2)3)14-12(17)7-4-8-13(14)18/h4,7-8,11,15,19H,5-6,9-10H2,1-3H3. The first-order valence-corrected chi connectivity index (χ1v) is 7.90. The van der Waals surface area contributed by atoms with E-state index in [1.54, 1.807) is 36.0 Å². The molecule has 2 rings (SSSR count). The van der Waals surface area contributed by atoms with E-state index >= 15 is 0 Å². The molecule has 1 aromatic carbocycles. The molecule has 1 fully saturated rings. The summed E-state index contributed by atoms with van der Waals surface area (Å²) in [5.74, 6) is -0.543. The number of benzene rings is 1. The van der Waals surface area contributed by atoms with Crippen LogP contribution in [0.25, 0.3) is 0 Å². The maximum atomic E-state index is 14.2. The molecule has 122 valence electrons. The zero-order valence-corrected chi connectivity index (χ0v) is 14.0. The fraction of sp³-hybridized carbons (Fsp3) is 0.562. The molecule has 4 nitrogen and oxygen atoms in total. The van der Waals surface area contributed by atoms with Crippen molar-refractivity contribution in [3.05, 3.63) is 34.6 Å². The van der Waals surface area contributed by atoms with Gasteiger partial charge in [0.1, 0.15) is 11.9 Å². The minimum absolute atomic E-state index is 0.100. The normalized spacial score (nSPS) is 20.3. The fourth-order valence-electron chi connectivity index (χ4n) is 2.96. The smallest absolute Gasteiger partial charge is 0.244 e. The third kappa shape index (κ3) is 3.59. The average molecular weight is 328 g/mol. The molecule has 2 atom stereocenters. The third-order valence-electron chi connectivity index (χ3n) is 4.16. The Hall–Kier alpha value is -1.17. The number of nitrogens with zero attached hydrogens (tertiary/aromatic N) is 2. The van der Waals surface area contributed by atoms with E-state index in [9.17, 15) is 9.18 Å². The molecule has 1 amide bonds. The highest BCUT2D eigenvalue weighted by Gasteiger charge is 2.33. The number of hydrogen-bond acceptors (Lipinski definition) is 3. The summed E-state index contributed by atoms with van der Waals surface area (Å²) in [5.41, 5.74) is 0.255. The molecule has 0 bridgehead atoms. The molecular weight excluding hydrogens is 305 g/mol. The van der Waals surface area contributed by atoms with E-state index in [0.29, 0.717) is 13.1 Å². The Balaban J connectivity index is 2.30. The van der Waals surface area contributed by atoms with Gasteiger partial charge in [-0.25, -0.2) is 4.39 Å². The predicted octanol–water partition coefficient (Wildman–Crippen LogP) is 2.29. The summed E-state index contributed by atoms with van der Waals surface area (Å²) in [5, 5.41) is 3.50. The van der Waals surface area contributed by atoms with Crippen molar-refractivity contribution in [1.29, 1.82) is 0 Å². The van der Waals surface area contributed by atoms with E-state index < -0.39 is 11.9 Å². The van der Waals surface area contributed by atoms with Gasteiger partial charge in [0, 0.05) is 29.7 Å². The van der Waals surface area contributed by atoms with Crippen LogP contribution >= 0.6 is 11.6 Å². The Morgan fingerprint density at radius 2 is 2.23 bits per heavy atom. The minimum Gasteiger partial charge on any atom is -0.339 e. The van der Waals surface area contributed by atoms with Crippen LogP contribution in [0.1, 0.15) is 24.4 Å². The van der Waals surface area contributed by atoms with Crippen molar-refractivity contribution in [2.75, 3.05) is 34.2 Å². The van der Waals surface area contributed by atoms with Crippen LogP contribution in [0.4, 0.5) is 4.39 Å². The fourth-order valence-corrected chi connectivity index (χ4v) is 3.23. The summed E-state index contributed by atoms with van der Waals surface area (Å²) in [7, 11) is 5.44. The van der Waals surface area contributed by atoms with Crippen LogP contribution in [0, 0.1) is 5.82 Å². The van der Waals surface area contributed by atoms with Gasteiger partial charge in [0.05, 0.1) is 0 Å². The second kappa shape index (κ2) is 7.40. The molecule has 1 aliphatic rings. The van der Waals surface area contributed by atoms with Gasteiger partial charge in [-0.15, -0.1) is 0 Å². The summed E-state index contributed by atoms with van der Waals surface area (Å²) in [6.07, 6.45) is 2.00. The second-order valence-electron chi connectivity index (χ2n) is 5.91. The lowest BCUT2D eigenvalue weighted by Crippen LogP contribution is -2.50. The van der Waals surface area contributed by atoms with Crippen LogP contribution in [0.3, 0.4) is 0 Å². The van der Waals surface area contributed by atoms with Gasteiger partial charge in [0.25, 0.3) is 0 Å². The van der Waals surface area contributed by atoms with Crippen molar-refractivity contribution in [3.8, 4) is 0 Å². The van der Waals surface area contributed by atoms with Crippen LogP contribution in [0.2, 0.25) is 5.02 Å². The van der Waals surface area contributed by atoms with Gasteiger partial charge >= 0.3 is 0 Å². The predicted molar refractivity (Wildman–Crippen MR) is 86.5 cm³/mol. The van der Waals surface area contributed by atoms with Crippen LogP contribution in [-0.2, 0) is 4.79 Å². The number of hydrogen-bond donors (Lipinski definition) is 1. The van der Waals surface area contributed by atoms with E-state index in [1.165, 1.54) is 6.07 Å². The Kier molecular flexibility index (Phi) is 5.78. The van der Waals surface area contributed by atoms with Gasteiger partial charge in [0.2, 0.25) is 5.91 Å². The van der Waals surface area contributed by atoms with Gasteiger partial charge in [-0.2, -0.15) is 0 Å². The van der Waals surface area contributed by atoms with Crippen molar-refractivity contribution in [2.24, 2.45) is 0 Å². The number of halogens is 2. The monoisotopic (exact) mass is 327 g/mol. The Morgan fingerprint density at radius 3 is 2.82 bits per heavy atom. The number of likely N-dealkylation sites (N-methyl/N-ethyl adjacent to an activating group) is 2. The van der Waals surface area contributed by atoms with Crippen molar-refractivity contribution in [3.63, 3.8) is 0 Å². The van der Waals surface area contributed by atoms with Gasteiger partial charge in [-0.1, -0.05) is 17.7 Å². The number of rotatable bonds is 4. The molecule has 2 unspecified atom stereocenters. The number of likely N-dealkylation sites (tertiary alicyclic amines) is 1. The van der Waals surface area contributed by atoms with Crippen molar-refractivity contribution < 1.29 is 9.18 Å². The molecule has 1 aromatic rings. The lowest BCUT2D eigenvalue weighted by Gasteiger charge is -2.36. The maximum absolute atomic E-state index is 14.2. The number of piperidine rings is 1. The Bertz CT molecular complexity index is 518. The summed E-state index contributed by atoms with van der Waals surface area (Å²) in [6.45, 7) is 1.35. The summed E-state index contributed by atoms with van der Waals surface area (Å²) in [4.78, 5) is 16.5. The van der Waals surface area contributed by atoms with Crippen LogP contribution in [-0.4, -0.2) is 56.0 Å². The summed E-state index contributed by atoms with van der Waals surface area (Å²) < 4.78 is 14.2. The Labute approximate surface area is 136 Å². The second-order valence-corrected chi connectivity index (χ2v) is 6.32. The van der Waals surface area contributed by atoms with E-state index in [0.717, 1.165) is 12.8 Å². The molecule has 1 saturated heterocycles. The number of carbonyl (C=O) groups is 1. The highest BCUT2D eigenvalue weighted by atomic mass is 35.5. The molecule has 1 N–H and O–H groups in total. The SMILES string of the molecule is CNC1CCCN(C(=O)C(c2c(F)cccc2Cl)N(C)C)C1. The molecule has 6 heteroatoms. The van der Waals surface area contributed by atoms with Gasteiger partial charge in [-0.05, 0) is 46.1 Å². The lowest BCUT2D eigenvalue weighted by atomic mass is 10.0. The number of carbonyl (C=O) groups excluding carboxylic acids is 1. The highest BCUT2D eigenvalue weighted by Crippen LogP contribution is 2.31. The van der Waals surface area contributed by atoms with E-state index in [-0.39, 0.29) is 22.5 Å². The molecule has 0 saturated carbocycles. The van der Waals surface area contributed by atoms with Crippen molar-refractivity contribution in [2.45, 2.75) is 24.9 Å². The van der Waals surface area contributed by atoms with Gasteiger partial charge in [-0.3, -0.25) is 9.69 Å². The zero-order valence-electron chi connectivity index (χ0n) is 13.3. The topological polar surface area (TPSA) is 35.6 Å². The lowest BCUT2D eigenvalue weighted by molar-refractivity contribution is -0.137. The van der Waals surface area contributed by atoms with Crippen molar-refractivity contribution in [1.82, 2.24) is 15.1 Å². The maximum Gasteiger partial charge on any atom is 0.244 e. The van der Waals surface area contributed by atoms with E-state index in [4.69, 9.17) is 11.6 Å². The van der Waals surface area contributed by atoms with Crippen LogP contribution in [0.15, 0.2) is 18.2 Å². The third-order valence-corrected chi connectivity index (χ3v) is 4.49. The summed E-state index contributed by atoms with van der Waals surface area (Å²) >= 11 is 6.16. The molecule has 22 heavy (non-hydrogen) atoms. The molecule has 1 heterocycles. The molecule has 1 aliphatic heterocycles. The largest absolute Gasteiger partial charge is 0.339 e. The molecule has 0 spiro atoms. The first-order valence-electron chi connectivity index (χ1n) is 7.52. The number of amides is 1. The molecule has 0 aromatic heterocycles. The van der Waals surface area contributed by atoms with E-state index in [2.05, 4.69) is 5.32 Å². The molecule has 0 radical (unpaired) electrons. The Morgan fingerprint density at radius 1 is 1.50 bits per heavy atom. The average Bonchev–Trinajstić information content (AvgIpc) is 2.50. The zero-order chi connectivity index (χ0) is 16.3. The molecular formula is C16H23ClFN3O. The van der Waals surface area contributed by atoms with Crippen molar-refractivity contribution >= 4 is 17.5 Å². The number of nitrogens with one attached hydrogen (secondary N) is 1. The molecule has 0 aliphatic carbocycles. The van der Waals surface area contributed by atoms with Gasteiger partial charge < -0.3 is 10.2 Å². The quantitative estimate of drug-likeness (QED) is 0.921. The van der Waals surface area contributed by atoms with Gasteiger partial charge in [0.15, 0.2) is 0 Å². The summed E-state index contributed by atoms with van der Waals surface area (Å²) in [6, 6.07) is 4.10. The first-order chi connectivity index (χ1) is 10.5. The van der Waals surface area contributed by atoms with Crippen LogP contribution in [0.5, 0.6) is 0 Å². The minimum atomic E-state index is -0.704. The van der Waals surface area contributed by atoms with E-state index in [1.807, 2.05) is 7.05 Å².